The van der Waals surface area contributed by atoms with Crippen molar-refractivity contribution in [3.05, 3.63) is 23.5 Å². The Balaban J connectivity index is 3.19. The molecule has 0 aliphatic heterocycles. The summed E-state index contributed by atoms with van der Waals surface area (Å²) >= 11 is 1.67. The third-order valence-electron chi connectivity index (χ3n) is 2.70. The molecule has 0 aromatic carbocycles. The second-order valence-corrected chi connectivity index (χ2v) is 4.81. The van der Waals surface area contributed by atoms with Gasteiger partial charge in [-0.1, -0.05) is 6.92 Å². The zero-order chi connectivity index (χ0) is 13.0. The van der Waals surface area contributed by atoms with Crippen LogP contribution in [0.3, 0.4) is 0 Å². The second kappa shape index (κ2) is 5.91. The van der Waals surface area contributed by atoms with Gasteiger partial charge in [-0.15, -0.1) is 0 Å². The molecule has 0 aliphatic rings. The van der Waals surface area contributed by atoms with E-state index in [0.717, 1.165) is 12.2 Å². The predicted molar refractivity (Wildman–Crippen MR) is 69.1 cm³/mol. The van der Waals surface area contributed by atoms with Crippen LogP contribution >= 0.6 is 11.8 Å². The molecular formula is C12H17NO3S. The highest BCUT2D eigenvalue weighted by Gasteiger charge is 2.19. The van der Waals surface area contributed by atoms with Crippen LogP contribution < -0.4 is 0 Å². The minimum Gasteiger partial charge on any atom is -0.477 e. The van der Waals surface area contributed by atoms with Gasteiger partial charge in [0.15, 0.2) is 5.78 Å². The van der Waals surface area contributed by atoms with Crippen molar-refractivity contribution in [3.8, 4) is 0 Å². The molecule has 1 N–H and O–H groups in total. The topological polar surface area (TPSA) is 59.3 Å². The molecule has 0 spiro atoms. The molecule has 4 nitrogen and oxygen atoms in total. The second-order valence-electron chi connectivity index (χ2n) is 3.90. The summed E-state index contributed by atoms with van der Waals surface area (Å²) in [5, 5.41) is 9.13. The summed E-state index contributed by atoms with van der Waals surface area (Å²) in [6, 6.07) is 1.57. The Labute approximate surface area is 105 Å². The van der Waals surface area contributed by atoms with E-state index in [1.807, 2.05) is 13.2 Å². The summed E-state index contributed by atoms with van der Waals surface area (Å²) in [6.07, 6.45) is 4.47. The van der Waals surface area contributed by atoms with E-state index >= 15 is 0 Å². The van der Waals surface area contributed by atoms with E-state index in [1.54, 1.807) is 22.5 Å². The van der Waals surface area contributed by atoms with Crippen LogP contribution in [0.15, 0.2) is 12.3 Å². The standard InChI is InChI=1S/C12H17NO3S/c1-4-10(7-17-3)13-6-9(8(2)14)5-11(13)12(15)16/h5-6,10H,4,7H2,1-3H3,(H,15,16). The van der Waals surface area contributed by atoms with Gasteiger partial charge in [-0.25, -0.2) is 4.79 Å². The van der Waals surface area contributed by atoms with Crippen LogP contribution in [0.1, 0.15) is 47.2 Å². The van der Waals surface area contributed by atoms with Gasteiger partial charge in [0.2, 0.25) is 0 Å². The van der Waals surface area contributed by atoms with Crippen LogP contribution in [-0.4, -0.2) is 33.4 Å². The minimum absolute atomic E-state index is 0.106. The van der Waals surface area contributed by atoms with E-state index in [1.165, 1.54) is 13.0 Å². The number of hydrogen-bond donors (Lipinski definition) is 1. The Hall–Kier alpha value is -1.23. The highest BCUT2D eigenvalue weighted by Crippen LogP contribution is 2.21. The molecule has 0 saturated carbocycles. The van der Waals surface area contributed by atoms with Gasteiger partial charge in [0.05, 0.1) is 0 Å². The van der Waals surface area contributed by atoms with E-state index in [-0.39, 0.29) is 17.5 Å². The number of carboxylic acid groups (broad SMARTS) is 1. The van der Waals surface area contributed by atoms with Crippen LogP contribution in [0.5, 0.6) is 0 Å². The molecular weight excluding hydrogens is 238 g/mol. The monoisotopic (exact) mass is 255 g/mol. The average Bonchev–Trinajstić information content (AvgIpc) is 2.70. The smallest absolute Gasteiger partial charge is 0.352 e. The maximum Gasteiger partial charge on any atom is 0.352 e. The molecule has 94 valence electrons. The number of aromatic nitrogens is 1. The summed E-state index contributed by atoms with van der Waals surface area (Å²) in [5.41, 5.74) is 0.651. The van der Waals surface area contributed by atoms with Gasteiger partial charge in [0, 0.05) is 23.6 Å². The number of carbonyl (C=O) groups excluding carboxylic acids is 1. The number of aromatic carboxylic acids is 1. The van der Waals surface area contributed by atoms with Crippen molar-refractivity contribution in [2.24, 2.45) is 0 Å². The van der Waals surface area contributed by atoms with Crippen LogP contribution in [0.4, 0.5) is 0 Å². The van der Waals surface area contributed by atoms with Gasteiger partial charge in [-0.3, -0.25) is 4.79 Å². The third-order valence-corrected chi connectivity index (χ3v) is 3.42. The first-order valence-electron chi connectivity index (χ1n) is 5.46. The first kappa shape index (κ1) is 13.8. The highest BCUT2D eigenvalue weighted by molar-refractivity contribution is 7.98. The molecule has 1 heterocycles. The Morgan fingerprint density at radius 1 is 1.53 bits per heavy atom. The largest absolute Gasteiger partial charge is 0.477 e. The summed E-state index contributed by atoms with van der Waals surface area (Å²) in [7, 11) is 0. The molecule has 17 heavy (non-hydrogen) atoms. The Morgan fingerprint density at radius 3 is 2.59 bits per heavy atom. The quantitative estimate of drug-likeness (QED) is 0.794. The molecule has 0 amide bonds. The lowest BCUT2D eigenvalue weighted by molar-refractivity contribution is 0.0683. The zero-order valence-corrected chi connectivity index (χ0v) is 11.1. The molecule has 1 aromatic heterocycles. The Bertz CT molecular complexity index is 425. The summed E-state index contributed by atoms with van der Waals surface area (Å²) in [5.74, 6) is -0.259. The number of carboxylic acids is 1. The molecule has 5 heteroatoms. The summed E-state index contributed by atoms with van der Waals surface area (Å²) < 4.78 is 1.70. The van der Waals surface area contributed by atoms with E-state index in [9.17, 15) is 9.59 Å². The first-order chi connectivity index (χ1) is 8.01. The lowest BCUT2D eigenvalue weighted by Crippen LogP contribution is -2.15. The lowest BCUT2D eigenvalue weighted by Gasteiger charge is -2.17. The van der Waals surface area contributed by atoms with Crippen molar-refractivity contribution in [2.75, 3.05) is 12.0 Å². The van der Waals surface area contributed by atoms with E-state index < -0.39 is 5.97 Å². The van der Waals surface area contributed by atoms with Gasteiger partial charge < -0.3 is 9.67 Å². The molecule has 0 bridgehead atoms. The molecule has 0 saturated heterocycles. The van der Waals surface area contributed by atoms with Crippen LogP contribution in [0.2, 0.25) is 0 Å². The van der Waals surface area contributed by atoms with Crippen molar-refractivity contribution in [1.29, 1.82) is 0 Å². The molecule has 0 radical (unpaired) electrons. The van der Waals surface area contributed by atoms with Crippen LogP contribution in [0.25, 0.3) is 0 Å². The number of Topliss-reactive ketones (excluding diaryl/α,β-unsaturated/α-hetero) is 1. The number of hydrogen-bond acceptors (Lipinski definition) is 3. The maximum absolute atomic E-state index is 11.3. The van der Waals surface area contributed by atoms with Gasteiger partial charge in [0.25, 0.3) is 0 Å². The maximum atomic E-state index is 11.3. The normalized spacial score (nSPS) is 12.4. The Morgan fingerprint density at radius 2 is 2.18 bits per heavy atom. The van der Waals surface area contributed by atoms with Crippen LogP contribution in [-0.2, 0) is 0 Å². The number of carbonyl (C=O) groups is 2. The van der Waals surface area contributed by atoms with Gasteiger partial charge in [0.1, 0.15) is 5.69 Å². The van der Waals surface area contributed by atoms with Crippen molar-refractivity contribution in [2.45, 2.75) is 26.3 Å². The zero-order valence-electron chi connectivity index (χ0n) is 10.3. The van der Waals surface area contributed by atoms with E-state index in [4.69, 9.17) is 5.11 Å². The van der Waals surface area contributed by atoms with Gasteiger partial charge in [-0.2, -0.15) is 11.8 Å². The lowest BCUT2D eigenvalue weighted by atomic mass is 10.2. The fourth-order valence-electron chi connectivity index (χ4n) is 1.73. The number of thioether (sulfide) groups is 1. The predicted octanol–water partition coefficient (Wildman–Crippen LogP) is 2.70. The van der Waals surface area contributed by atoms with Crippen molar-refractivity contribution in [3.63, 3.8) is 0 Å². The van der Waals surface area contributed by atoms with E-state index in [0.29, 0.717) is 5.56 Å². The average molecular weight is 255 g/mol. The van der Waals surface area contributed by atoms with Gasteiger partial charge >= 0.3 is 5.97 Å². The molecule has 0 aliphatic carbocycles. The fraction of sp³-hybridized carbons (Fsp3) is 0.500. The fourth-order valence-corrected chi connectivity index (χ4v) is 2.51. The van der Waals surface area contributed by atoms with Crippen molar-refractivity contribution in [1.82, 2.24) is 4.57 Å². The van der Waals surface area contributed by atoms with Crippen molar-refractivity contribution < 1.29 is 14.7 Å². The van der Waals surface area contributed by atoms with Crippen molar-refractivity contribution >= 4 is 23.5 Å². The highest BCUT2D eigenvalue weighted by atomic mass is 32.2. The van der Waals surface area contributed by atoms with Crippen LogP contribution in [0, 0.1) is 0 Å². The SMILES string of the molecule is CCC(CSC)n1cc(C(C)=O)cc1C(=O)O. The molecule has 1 atom stereocenters. The summed E-state index contributed by atoms with van der Waals surface area (Å²) in [4.78, 5) is 22.4. The molecule has 0 fully saturated rings. The van der Waals surface area contributed by atoms with Gasteiger partial charge in [-0.05, 0) is 25.7 Å². The minimum atomic E-state index is -0.989. The first-order valence-corrected chi connectivity index (χ1v) is 6.85. The number of nitrogens with zero attached hydrogens (tertiary/aromatic N) is 1. The number of rotatable bonds is 6. The number of ketones is 1. The molecule has 1 unspecified atom stereocenters. The van der Waals surface area contributed by atoms with E-state index in [2.05, 4.69) is 0 Å². The summed E-state index contributed by atoms with van der Waals surface area (Å²) in [6.45, 7) is 3.46. The molecule has 1 aromatic rings. The Kier molecular flexibility index (Phi) is 4.81. The molecule has 1 rings (SSSR count). The third kappa shape index (κ3) is 3.12.